The molecule has 0 spiro atoms. The molecular weight excluding hydrogens is 402 g/mol. The van der Waals surface area contributed by atoms with E-state index in [4.69, 9.17) is 4.74 Å². The maximum atomic E-state index is 11.4. The summed E-state index contributed by atoms with van der Waals surface area (Å²) >= 11 is 0. The topological polar surface area (TPSA) is 103 Å². The van der Waals surface area contributed by atoms with E-state index in [0.717, 1.165) is 40.7 Å². The van der Waals surface area contributed by atoms with Gasteiger partial charge in [-0.25, -0.2) is 9.97 Å². The summed E-state index contributed by atoms with van der Waals surface area (Å²) in [7, 11) is 1.62. The van der Waals surface area contributed by atoms with Crippen molar-refractivity contribution in [2.75, 3.05) is 25.5 Å². The van der Waals surface area contributed by atoms with Crippen molar-refractivity contribution < 1.29 is 9.84 Å². The van der Waals surface area contributed by atoms with Gasteiger partial charge in [-0.05, 0) is 70.0 Å². The van der Waals surface area contributed by atoms with Gasteiger partial charge in [0.2, 0.25) is 0 Å². The highest BCUT2D eigenvalue weighted by molar-refractivity contribution is 5.91. The molecule has 2 heterocycles. The maximum Gasteiger partial charge on any atom is 0.138 e. The fraction of sp³-hybridized carbons (Fsp3) is 0.400. The van der Waals surface area contributed by atoms with Gasteiger partial charge < -0.3 is 20.5 Å². The monoisotopic (exact) mass is 431 g/mol. The molecule has 4 rings (SSSR count). The molecule has 1 aliphatic heterocycles. The van der Waals surface area contributed by atoms with E-state index >= 15 is 0 Å². The van der Waals surface area contributed by atoms with Crippen LogP contribution in [0.25, 0.3) is 10.9 Å². The van der Waals surface area contributed by atoms with Gasteiger partial charge in [0.15, 0.2) is 0 Å². The Hall–Kier alpha value is -3.21. The smallest absolute Gasteiger partial charge is 0.138 e. The number of hydrogen-bond donors (Lipinski definition) is 3. The largest absolute Gasteiger partial charge is 0.496 e. The van der Waals surface area contributed by atoms with E-state index in [9.17, 15) is 10.4 Å². The number of nitrogens with zero attached hydrogens (tertiary/aromatic N) is 3. The van der Waals surface area contributed by atoms with E-state index in [2.05, 4.69) is 33.6 Å². The number of ether oxygens (including phenoxy) is 1. The average molecular weight is 432 g/mol. The van der Waals surface area contributed by atoms with Crippen molar-refractivity contribution in [2.24, 2.45) is 0 Å². The minimum atomic E-state index is -0.962. The highest BCUT2D eigenvalue weighted by atomic mass is 16.5. The molecule has 7 heteroatoms. The second-order valence-electron chi connectivity index (χ2n) is 8.47. The second kappa shape index (κ2) is 8.73. The first kappa shape index (κ1) is 22.0. The van der Waals surface area contributed by atoms with Gasteiger partial charge in [0.1, 0.15) is 17.4 Å². The van der Waals surface area contributed by atoms with Crippen LogP contribution in [-0.2, 0) is 5.60 Å². The molecule has 1 fully saturated rings. The number of fused-ring (bicyclic) bond motifs is 1. The summed E-state index contributed by atoms with van der Waals surface area (Å²) in [6.45, 7) is 7.37. The van der Waals surface area contributed by atoms with Crippen LogP contribution >= 0.6 is 0 Å². The highest BCUT2D eigenvalue weighted by Gasteiger charge is 2.34. The Morgan fingerprint density at radius 2 is 1.97 bits per heavy atom. The number of hydrogen-bond acceptors (Lipinski definition) is 7. The summed E-state index contributed by atoms with van der Waals surface area (Å²) < 4.78 is 5.65. The van der Waals surface area contributed by atoms with E-state index in [1.54, 1.807) is 7.11 Å². The fourth-order valence-electron chi connectivity index (χ4n) is 4.55. The lowest BCUT2D eigenvalue weighted by molar-refractivity contribution is 0.00406. The number of piperidine rings is 1. The van der Waals surface area contributed by atoms with E-state index in [-0.39, 0.29) is 6.04 Å². The number of methoxy groups -OCH3 is 1. The summed E-state index contributed by atoms with van der Waals surface area (Å²) in [4.78, 5) is 9.29. The van der Waals surface area contributed by atoms with E-state index < -0.39 is 5.60 Å². The van der Waals surface area contributed by atoms with Crippen LogP contribution in [0.4, 0.5) is 5.82 Å². The second-order valence-corrected chi connectivity index (χ2v) is 8.47. The summed E-state index contributed by atoms with van der Waals surface area (Å²) in [5.41, 5.74) is 3.22. The van der Waals surface area contributed by atoms with Crippen molar-refractivity contribution in [3.05, 3.63) is 58.4 Å². The molecule has 166 valence electrons. The summed E-state index contributed by atoms with van der Waals surface area (Å²) in [5, 5.41) is 28.4. The van der Waals surface area contributed by atoms with Crippen LogP contribution in [-0.4, -0.2) is 35.3 Å². The van der Waals surface area contributed by atoms with E-state index in [0.29, 0.717) is 35.8 Å². The first-order chi connectivity index (χ1) is 15.4. The maximum absolute atomic E-state index is 11.4. The Bertz CT molecular complexity index is 1200. The van der Waals surface area contributed by atoms with Crippen LogP contribution in [0.5, 0.6) is 5.75 Å². The predicted molar refractivity (Wildman–Crippen MR) is 125 cm³/mol. The molecule has 3 N–H and O–H groups in total. The quantitative estimate of drug-likeness (QED) is 0.563. The third kappa shape index (κ3) is 3.99. The molecule has 1 aromatic heterocycles. The molecule has 0 saturated carbocycles. The number of aryl methyl sites for hydroxylation is 1. The van der Waals surface area contributed by atoms with Crippen LogP contribution in [0.3, 0.4) is 0 Å². The zero-order valence-corrected chi connectivity index (χ0v) is 19.0. The van der Waals surface area contributed by atoms with Crippen LogP contribution < -0.4 is 15.4 Å². The molecule has 1 atom stereocenters. The summed E-state index contributed by atoms with van der Waals surface area (Å²) in [6.07, 6.45) is 1.22. The predicted octanol–water partition coefficient (Wildman–Crippen LogP) is 3.87. The highest BCUT2D eigenvalue weighted by Crippen LogP contribution is 2.40. The molecule has 0 aliphatic carbocycles. The molecule has 32 heavy (non-hydrogen) atoms. The molecule has 0 radical (unpaired) electrons. The molecular formula is C25H29N5O2. The third-order valence-corrected chi connectivity index (χ3v) is 6.38. The molecule has 1 aliphatic rings. The van der Waals surface area contributed by atoms with Gasteiger partial charge in [-0.15, -0.1) is 0 Å². The lowest BCUT2D eigenvalue weighted by Crippen LogP contribution is -2.39. The van der Waals surface area contributed by atoms with Crippen molar-refractivity contribution >= 4 is 16.7 Å². The average Bonchev–Trinajstić information content (AvgIpc) is 2.78. The number of rotatable bonds is 5. The van der Waals surface area contributed by atoms with Gasteiger partial charge in [-0.3, -0.25) is 0 Å². The Labute approximate surface area is 188 Å². The first-order valence-electron chi connectivity index (χ1n) is 10.9. The van der Waals surface area contributed by atoms with Crippen LogP contribution in [0.15, 0.2) is 30.3 Å². The van der Waals surface area contributed by atoms with Crippen molar-refractivity contribution in [1.29, 1.82) is 5.26 Å². The SMILES string of the molecule is COc1cc2nc(C)nc(NC(C)c3cccc(C#N)c3C)c2cc1C1(O)CCNCC1. The standard InChI is InChI=1S/C25H29N5O2/c1-15-18(14-26)6-5-7-19(15)16(2)28-24-20-12-21(25(31)8-10-27-11-9-25)23(32-4)13-22(20)29-17(3)30-24/h5-7,12-13,16,27,31H,8-11H2,1-4H3,(H,28,29,30). The first-order valence-corrected chi connectivity index (χ1v) is 10.9. The lowest BCUT2D eigenvalue weighted by Gasteiger charge is -2.34. The number of nitrogens with one attached hydrogen (secondary N) is 2. The summed E-state index contributed by atoms with van der Waals surface area (Å²) in [6, 6.07) is 11.8. The van der Waals surface area contributed by atoms with E-state index in [1.165, 1.54) is 0 Å². The minimum absolute atomic E-state index is 0.0756. The molecule has 0 amide bonds. The van der Waals surface area contributed by atoms with Crippen LogP contribution in [0, 0.1) is 25.2 Å². The zero-order chi connectivity index (χ0) is 22.9. The Kier molecular flexibility index (Phi) is 6.00. The molecule has 3 aromatic rings. The van der Waals surface area contributed by atoms with Crippen molar-refractivity contribution in [3.8, 4) is 11.8 Å². The molecule has 1 saturated heterocycles. The number of nitriles is 1. The van der Waals surface area contributed by atoms with Crippen LogP contribution in [0.1, 0.15) is 53.9 Å². The van der Waals surface area contributed by atoms with Gasteiger partial charge >= 0.3 is 0 Å². The third-order valence-electron chi connectivity index (χ3n) is 6.38. The number of aromatic nitrogens is 2. The van der Waals surface area contributed by atoms with E-state index in [1.807, 2.05) is 44.2 Å². The van der Waals surface area contributed by atoms with Crippen molar-refractivity contribution in [2.45, 2.75) is 45.3 Å². The van der Waals surface area contributed by atoms with Gasteiger partial charge in [-0.2, -0.15) is 5.26 Å². The van der Waals surface area contributed by atoms with Gasteiger partial charge in [0.05, 0.1) is 35.9 Å². The summed E-state index contributed by atoms with van der Waals surface area (Å²) in [5.74, 6) is 1.98. The van der Waals surface area contributed by atoms with Gasteiger partial charge in [0.25, 0.3) is 0 Å². The zero-order valence-electron chi connectivity index (χ0n) is 19.0. The lowest BCUT2D eigenvalue weighted by atomic mass is 9.84. The van der Waals surface area contributed by atoms with Crippen molar-refractivity contribution in [3.63, 3.8) is 0 Å². The molecule has 2 aromatic carbocycles. The van der Waals surface area contributed by atoms with Gasteiger partial charge in [0, 0.05) is 17.0 Å². The van der Waals surface area contributed by atoms with Crippen molar-refractivity contribution in [1.82, 2.24) is 15.3 Å². The van der Waals surface area contributed by atoms with Gasteiger partial charge in [-0.1, -0.05) is 12.1 Å². The van der Waals surface area contributed by atoms with Crippen LogP contribution in [0.2, 0.25) is 0 Å². The fourth-order valence-corrected chi connectivity index (χ4v) is 4.55. The molecule has 7 nitrogen and oxygen atoms in total. The molecule has 0 bridgehead atoms. The molecule has 1 unspecified atom stereocenters. The Morgan fingerprint density at radius 3 is 2.66 bits per heavy atom. The normalized spacial score (nSPS) is 16.4. The Morgan fingerprint density at radius 1 is 1.22 bits per heavy atom. The number of anilines is 1. The number of aliphatic hydroxyl groups is 1. The number of benzene rings is 2. The Balaban J connectivity index is 1.81. The minimum Gasteiger partial charge on any atom is -0.496 e.